The van der Waals surface area contributed by atoms with Crippen molar-refractivity contribution in [2.75, 3.05) is 5.75 Å². The molecule has 45 heavy (non-hydrogen) atoms. The lowest BCUT2D eigenvalue weighted by molar-refractivity contribution is -0.245. The Bertz CT molecular complexity index is 1820. The van der Waals surface area contributed by atoms with Gasteiger partial charge in [0.15, 0.2) is 6.29 Å². The highest BCUT2D eigenvalue weighted by Crippen LogP contribution is 2.40. The van der Waals surface area contributed by atoms with Gasteiger partial charge in [0.05, 0.1) is 23.7 Å². The first-order chi connectivity index (χ1) is 21.9. The summed E-state index contributed by atoms with van der Waals surface area (Å²) in [5.41, 5.74) is 5.46. The lowest BCUT2D eigenvalue weighted by Gasteiger charge is -2.36. The number of hydrogen-bond acceptors (Lipinski definition) is 9. The number of benzene rings is 4. The third kappa shape index (κ3) is 7.50. The van der Waals surface area contributed by atoms with Crippen LogP contribution in [0.25, 0.3) is 11.1 Å². The van der Waals surface area contributed by atoms with Crippen LogP contribution >= 0.6 is 11.8 Å². The van der Waals surface area contributed by atoms with Gasteiger partial charge in [-0.15, -0.1) is 5.10 Å². The Morgan fingerprint density at radius 2 is 1.62 bits per heavy atom. The van der Waals surface area contributed by atoms with Crippen molar-refractivity contribution < 1.29 is 23.0 Å². The van der Waals surface area contributed by atoms with Crippen LogP contribution in [0.4, 0.5) is 0 Å². The fourth-order valence-electron chi connectivity index (χ4n) is 5.17. The van der Waals surface area contributed by atoms with E-state index in [0.29, 0.717) is 17.3 Å². The van der Waals surface area contributed by atoms with Crippen molar-refractivity contribution >= 4 is 21.8 Å². The maximum absolute atomic E-state index is 12.8. The summed E-state index contributed by atoms with van der Waals surface area (Å²) in [6.07, 6.45) is -0.298. The Labute approximate surface area is 266 Å². The van der Waals surface area contributed by atoms with Gasteiger partial charge in [0, 0.05) is 31.3 Å². The first-order valence-corrected chi connectivity index (χ1v) is 17.0. The van der Waals surface area contributed by atoms with Crippen molar-refractivity contribution in [2.45, 2.75) is 48.1 Å². The second kappa shape index (κ2) is 14.0. The van der Waals surface area contributed by atoms with Gasteiger partial charge >= 0.3 is 0 Å². The van der Waals surface area contributed by atoms with Crippen LogP contribution in [0, 0.1) is 0 Å². The minimum atomic E-state index is -3.65. The quantitative estimate of drug-likeness (QED) is 0.187. The molecule has 0 spiro atoms. The summed E-state index contributed by atoms with van der Waals surface area (Å²) >= 11 is 1.53. The molecule has 0 amide bonds. The summed E-state index contributed by atoms with van der Waals surface area (Å²) in [6, 6.07) is 31.8. The molecular weight excluding hydrogens is 611 g/mol. The molecule has 4 aromatic carbocycles. The summed E-state index contributed by atoms with van der Waals surface area (Å²) < 4.78 is 43.0. The first-order valence-electron chi connectivity index (χ1n) is 14.5. The van der Waals surface area contributed by atoms with Crippen molar-refractivity contribution in [3.63, 3.8) is 0 Å². The Morgan fingerprint density at radius 1 is 0.911 bits per heavy atom. The zero-order valence-corrected chi connectivity index (χ0v) is 26.2. The summed E-state index contributed by atoms with van der Waals surface area (Å²) in [5, 5.41) is 21.9. The van der Waals surface area contributed by atoms with Crippen LogP contribution in [-0.2, 0) is 39.7 Å². The fraction of sp³-hybridized carbons (Fsp3) is 0.242. The third-order valence-corrected chi connectivity index (χ3v) is 10.2. The molecule has 2 heterocycles. The predicted octanol–water partition coefficient (Wildman–Crippen LogP) is 5.19. The number of nitrogens with zero attached hydrogens (tertiary/aromatic N) is 4. The molecule has 1 saturated heterocycles. The summed E-state index contributed by atoms with van der Waals surface area (Å²) in [7, 11) is -1.84. The minimum absolute atomic E-state index is 0.0169. The van der Waals surface area contributed by atoms with Gasteiger partial charge in [0.25, 0.3) is 0 Å². The predicted molar refractivity (Wildman–Crippen MR) is 170 cm³/mol. The number of thioether (sulfide) groups is 1. The number of sulfonamides is 1. The molecule has 0 aliphatic carbocycles. The van der Waals surface area contributed by atoms with E-state index in [-0.39, 0.29) is 30.3 Å². The average molecular weight is 644 g/mol. The number of rotatable bonds is 11. The molecule has 0 unspecified atom stereocenters. The van der Waals surface area contributed by atoms with Gasteiger partial charge in [-0.3, -0.25) is 0 Å². The van der Waals surface area contributed by atoms with Crippen LogP contribution in [0.2, 0.25) is 0 Å². The standard InChI is InChI=1S/C33H33N5O5S2/c1-38-33(35-36-37-38)44-22-28-19-31(25-13-11-23(21-39)12-14-25)43-32(42-28)26-17-15-24(16-18-26)30-10-6-5-7-27(30)20-34-45(40,41)29-8-3-2-4-9-29/h2-18,28,31-32,34,39H,19-22H2,1H3/t28-,31+,32+/m1/s1. The largest absolute Gasteiger partial charge is 0.392 e. The zero-order chi connectivity index (χ0) is 31.2. The fourth-order valence-corrected chi connectivity index (χ4v) is 7.06. The Hall–Kier alpha value is -3.91. The first kappa shape index (κ1) is 31.1. The van der Waals surface area contributed by atoms with E-state index in [9.17, 15) is 13.5 Å². The second-order valence-corrected chi connectivity index (χ2v) is 13.4. The van der Waals surface area contributed by atoms with Gasteiger partial charge < -0.3 is 14.6 Å². The average Bonchev–Trinajstić information content (AvgIpc) is 3.51. The maximum atomic E-state index is 12.8. The highest BCUT2D eigenvalue weighted by molar-refractivity contribution is 7.99. The molecule has 1 aliphatic rings. The van der Waals surface area contributed by atoms with Gasteiger partial charge in [0.2, 0.25) is 15.2 Å². The molecule has 0 bridgehead atoms. The summed E-state index contributed by atoms with van der Waals surface area (Å²) in [6.45, 7) is 0.137. The van der Waals surface area contributed by atoms with E-state index in [1.165, 1.54) is 11.8 Å². The number of hydrogen-bond donors (Lipinski definition) is 2. The van der Waals surface area contributed by atoms with E-state index in [4.69, 9.17) is 9.47 Å². The lowest BCUT2D eigenvalue weighted by atomic mass is 9.98. The normalized spacial score (nSPS) is 18.6. The van der Waals surface area contributed by atoms with Crippen molar-refractivity contribution in [1.29, 1.82) is 0 Å². The van der Waals surface area contributed by atoms with Crippen LogP contribution in [0.3, 0.4) is 0 Å². The molecule has 5 aromatic rings. The number of ether oxygens (including phenoxy) is 2. The topological polar surface area (TPSA) is 128 Å². The second-order valence-electron chi connectivity index (χ2n) is 10.7. The summed E-state index contributed by atoms with van der Waals surface area (Å²) in [5.74, 6) is 0.643. The van der Waals surface area contributed by atoms with Crippen LogP contribution < -0.4 is 4.72 Å². The molecule has 2 N–H and O–H groups in total. The Kier molecular flexibility index (Phi) is 9.69. The molecule has 232 valence electrons. The molecule has 1 aromatic heterocycles. The molecule has 10 nitrogen and oxygen atoms in total. The van der Waals surface area contributed by atoms with Crippen LogP contribution in [0.5, 0.6) is 0 Å². The molecule has 0 saturated carbocycles. The molecule has 3 atom stereocenters. The smallest absolute Gasteiger partial charge is 0.240 e. The van der Waals surface area contributed by atoms with E-state index in [1.54, 1.807) is 42.1 Å². The van der Waals surface area contributed by atoms with E-state index in [0.717, 1.165) is 33.4 Å². The highest BCUT2D eigenvalue weighted by atomic mass is 32.2. The molecule has 6 rings (SSSR count). The van der Waals surface area contributed by atoms with Crippen molar-refractivity contribution in [2.24, 2.45) is 7.05 Å². The SMILES string of the molecule is Cn1nnnc1SC[C@H]1C[C@@H](c2ccc(CO)cc2)O[C@@H](c2ccc(-c3ccccc3CNS(=O)(=O)c3ccccc3)cc2)O1. The molecule has 1 aliphatic heterocycles. The lowest BCUT2D eigenvalue weighted by Crippen LogP contribution is -2.31. The number of aromatic nitrogens is 4. The van der Waals surface area contributed by atoms with Gasteiger partial charge in [-0.2, -0.15) is 0 Å². The zero-order valence-electron chi connectivity index (χ0n) is 24.6. The number of tetrazole rings is 1. The number of aliphatic hydroxyl groups is 1. The monoisotopic (exact) mass is 643 g/mol. The summed E-state index contributed by atoms with van der Waals surface area (Å²) in [4.78, 5) is 0.229. The minimum Gasteiger partial charge on any atom is -0.392 e. The Balaban J connectivity index is 1.20. The van der Waals surface area contributed by atoms with E-state index >= 15 is 0 Å². The van der Waals surface area contributed by atoms with E-state index < -0.39 is 16.3 Å². The van der Waals surface area contributed by atoms with E-state index in [1.807, 2.05) is 72.8 Å². The maximum Gasteiger partial charge on any atom is 0.240 e. The van der Waals surface area contributed by atoms with Gasteiger partial charge in [-0.1, -0.05) is 103 Å². The third-order valence-electron chi connectivity index (χ3n) is 7.61. The molecule has 0 radical (unpaired) electrons. The van der Waals surface area contributed by atoms with Crippen molar-refractivity contribution in [1.82, 2.24) is 24.9 Å². The Morgan fingerprint density at radius 3 is 2.33 bits per heavy atom. The highest BCUT2D eigenvalue weighted by Gasteiger charge is 2.32. The van der Waals surface area contributed by atoms with Crippen LogP contribution in [0.1, 0.15) is 41.1 Å². The number of nitrogens with one attached hydrogen (secondary N) is 1. The van der Waals surface area contributed by atoms with Gasteiger partial charge in [-0.05, 0) is 50.4 Å². The molecular formula is C33H33N5O5S2. The van der Waals surface area contributed by atoms with Gasteiger partial charge in [0.1, 0.15) is 0 Å². The number of aliphatic hydroxyl groups excluding tert-OH is 1. The van der Waals surface area contributed by atoms with Crippen LogP contribution in [-0.4, -0.2) is 45.6 Å². The number of aryl methyl sites for hydroxylation is 1. The van der Waals surface area contributed by atoms with E-state index in [2.05, 4.69) is 20.2 Å². The van der Waals surface area contributed by atoms with Crippen molar-refractivity contribution in [3.05, 3.63) is 125 Å². The van der Waals surface area contributed by atoms with Crippen molar-refractivity contribution in [3.8, 4) is 11.1 Å². The van der Waals surface area contributed by atoms with Gasteiger partial charge in [-0.25, -0.2) is 17.8 Å². The van der Waals surface area contributed by atoms with Crippen LogP contribution in [0.15, 0.2) is 113 Å². The molecule has 12 heteroatoms. The molecule has 1 fully saturated rings.